The molecule has 0 N–H and O–H groups in total. The number of fused-ring (bicyclic) bond motifs is 1. The quantitative estimate of drug-likeness (QED) is 0.853. The molecule has 0 amide bonds. The van der Waals surface area contributed by atoms with Crippen molar-refractivity contribution in [2.45, 2.75) is 32.2 Å². The molecule has 116 valence electrons. The average molecular weight is 296 g/mol. The summed E-state index contributed by atoms with van der Waals surface area (Å²) in [4.78, 5) is 7.13. The summed E-state index contributed by atoms with van der Waals surface area (Å²) < 4.78 is 2.17. The summed E-state index contributed by atoms with van der Waals surface area (Å²) in [6, 6.07) is 7.16. The fourth-order valence-corrected chi connectivity index (χ4v) is 3.58. The van der Waals surface area contributed by atoms with Gasteiger partial charge < -0.3 is 4.90 Å². The zero-order valence-corrected chi connectivity index (χ0v) is 13.5. The number of benzene rings is 1. The molecule has 3 heterocycles. The standard InChI is InChI=1S/C18H24N4/c1-13-3-6-17(19-10-13)14-4-5-15-11-22(20-18(15)9-14)16-7-8-21(2)12-16/h4-5,9,11,13,16H,3,6-8,10,12H2,1-2H3/t13-,16+/m0/s1. The van der Waals surface area contributed by atoms with Gasteiger partial charge in [-0.25, -0.2) is 0 Å². The van der Waals surface area contributed by atoms with Crippen molar-refractivity contribution in [3.8, 4) is 0 Å². The molecule has 0 radical (unpaired) electrons. The van der Waals surface area contributed by atoms with Gasteiger partial charge in [0.25, 0.3) is 0 Å². The summed E-state index contributed by atoms with van der Waals surface area (Å²) in [5.41, 5.74) is 3.62. The molecule has 2 aliphatic heterocycles. The highest BCUT2D eigenvalue weighted by Crippen LogP contribution is 2.24. The van der Waals surface area contributed by atoms with Crippen LogP contribution in [0.3, 0.4) is 0 Å². The molecule has 0 saturated carbocycles. The first-order valence-corrected chi connectivity index (χ1v) is 8.40. The fourth-order valence-electron chi connectivity index (χ4n) is 3.58. The highest BCUT2D eigenvalue weighted by atomic mass is 15.3. The highest BCUT2D eigenvalue weighted by molar-refractivity contribution is 6.03. The maximum Gasteiger partial charge on any atom is 0.0930 e. The monoisotopic (exact) mass is 296 g/mol. The van der Waals surface area contributed by atoms with Crippen LogP contribution >= 0.6 is 0 Å². The second-order valence-electron chi connectivity index (χ2n) is 7.02. The maximum absolute atomic E-state index is 4.83. The van der Waals surface area contributed by atoms with E-state index in [2.05, 4.69) is 47.9 Å². The van der Waals surface area contributed by atoms with Gasteiger partial charge in [-0.1, -0.05) is 19.1 Å². The van der Waals surface area contributed by atoms with Crippen molar-refractivity contribution in [2.75, 3.05) is 26.7 Å². The predicted molar refractivity (Wildman–Crippen MR) is 90.7 cm³/mol. The third kappa shape index (κ3) is 2.56. The summed E-state index contributed by atoms with van der Waals surface area (Å²) >= 11 is 0. The summed E-state index contributed by atoms with van der Waals surface area (Å²) in [5.74, 6) is 0.728. The average Bonchev–Trinajstić information content (AvgIpc) is 3.13. The van der Waals surface area contributed by atoms with Crippen molar-refractivity contribution < 1.29 is 0 Å². The van der Waals surface area contributed by atoms with Crippen LogP contribution in [0.4, 0.5) is 0 Å². The molecule has 4 nitrogen and oxygen atoms in total. The van der Waals surface area contributed by atoms with Crippen LogP contribution in [-0.2, 0) is 0 Å². The van der Waals surface area contributed by atoms with E-state index in [1.165, 1.54) is 36.0 Å². The van der Waals surface area contributed by atoms with Crippen LogP contribution in [0.5, 0.6) is 0 Å². The molecule has 0 bridgehead atoms. The van der Waals surface area contributed by atoms with E-state index in [4.69, 9.17) is 10.1 Å². The molecule has 1 aromatic carbocycles. The summed E-state index contributed by atoms with van der Waals surface area (Å²) in [5, 5.41) is 6.07. The molecule has 0 unspecified atom stereocenters. The van der Waals surface area contributed by atoms with Gasteiger partial charge >= 0.3 is 0 Å². The Morgan fingerprint density at radius 1 is 1.23 bits per heavy atom. The van der Waals surface area contributed by atoms with E-state index < -0.39 is 0 Å². The summed E-state index contributed by atoms with van der Waals surface area (Å²) in [6.07, 6.45) is 5.75. The number of nitrogens with zero attached hydrogens (tertiary/aromatic N) is 4. The molecule has 4 heteroatoms. The SMILES string of the molecule is C[C@H]1CCC(c2ccc3cn([C@@H]4CCN(C)C4)nc3c2)=NC1. The van der Waals surface area contributed by atoms with Crippen LogP contribution in [0.1, 0.15) is 37.8 Å². The van der Waals surface area contributed by atoms with Gasteiger partial charge in [0.2, 0.25) is 0 Å². The van der Waals surface area contributed by atoms with Crippen molar-refractivity contribution in [1.29, 1.82) is 0 Å². The van der Waals surface area contributed by atoms with Crippen molar-refractivity contribution in [3.63, 3.8) is 0 Å². The highest BCUT2D eigenvalue weighted by Gasteiger charge is 2.22. The molecule has 1 aromatic heterocycles. The Morgan fingerprint density at radius 3 is 2.86 bits per heavy atom. The van der Waals surface area contributed by atoms with Crippen molar-refractivity contribution in [3.05, 3.63) is 30.0 Å². The minimum Gasteiger partial charge on any atom is -0.304 e. The van der Waals surface area contributed by atoms with Gasteiger partial charge in [-0.05, 0) is 50.4 Å². The van der Waals surface area contributed by atoms with Crippen molar-refractivity contribution >= 4 is 16.6 Å². The maximum atomic E-state index is 4.83. The van der Waals surface area contributed by atoms with Gasteiger partial charge in [0.15, 0.2) is 0 Å². The molecule has 0 aliphatic carbocycles. The van der Waals surface area contributed by atoms with Gasteiger partial charge in [-0.2, -0.15) is 5.10 Å². The van der Waals surface area contributed by atoms with E-state index in [1.807, 2.05) is 0 Å². The summed E-state index contributed by atoms with van der Waals surface area (Å²) in [6.45, 7) is 5.52. The van der Waals surface area contributed by atoms with E-state index in [0.29, 0.717) is 6.04 Å². The third-order valence-corrected chi connectivity index (χ3v) is 5.07. The lowest BCUT2D eigenvalue weighted by Crippen LogP contribution is -2.16. The third-order valence-electron chi connectivity index (χ3n) is 5.07. The van der Waals surface area contributed by atoms with Gasteiger partial charge in [-0.3, -0.25) is 9.67 Å². The molecule has 22 heavy (non-hydrogen) atoms. The van der Waals surface area contributed by atoms with E-state index in [9.17, 15) is 0 Å². The molecular formula is C18H24N4. The fraction of sp³-hybridized carbons (Fsp3) is 0.556. The smallest absolute Gasteiger partial charge is 0.0930 e. The summed E-state index contributed by atoms with van der Waals surface area (Å²) in [7, 11) is 2.18. The first-order valence-electron chi connectivity index (χ1n) is 8.40. The Hall–Kier alpha value is -1.68. The lowest BCUT2D eigenvalue weighted by atomic mass is 9.95. The molecule has 0 spiro atoms. The minimum absolute atomic E-state index is 0.522. The lowest BCUT2D eigenvalue weighted by Gasteiger charge is -2.17. The predicted octanol–water partition coefficient (Wildman–Crippen LogP) is 3.13. The number of aliphatic imine (C=N–C) groups is 1. The number of likely N-dealkylation sites (N-methyl/N-ethyl adjacent to an activating group) is 1. The second-order valence-corrected chi connectivity index (χ2v) is 7.02. The van der Waals surface area contributed by atoms with Crippen molar-refractivity contribution in [2.24, 2.45) is 10.9 Å². The van der Waals surface area contributed by atoms with Gasteiger partial charge in [0, 0.05) is 30.4 Å². The van der Waals surface area contributed by atoms with Crippen LogP contribution in [0.2, 0.25) is 0 Å². The first kappa shape index (κ1) is 13.9. The van der Waals surface area contributed by atoms with E-state index in [-0.39, 0.29) is 0 Å². The Balaban J connectivity index is 1.64. The first-order chi connectivity index (χ1) is 10.7. The van der Waals surface area contributed by atoms with Crippen LogP contribution in [0.15, 0.2) is 29.4 Å². The zero-order chi connectivity index (χ0) is 15.1. The van der Waals surface area contributed by atoms with Crippen LogP contribution < -0.4 is 0 Å². The van der Waals surface area contributed by atoms with Gasteiger partial charge in [-0.15, -0.1) is 0 Å². The largest absolute Gasteiger partial charge is 0.304 e. The molecule has 2 aliphatic rings. The Kier molecular flexibility index (Phi) is 3.49. The van der Waals surface area contributed by atoms with Gasteiger partial charge in [0.1, 0.15) is 0 Å². The Labute approximate surface area is 131 Å². The molecule has 2 atom stereocenters. The molecule has 1 saturated heterocycles. The Bertz CT molecular complexity index is 715. The molecule has 4 rings (SSSR count). The topological polar surface area (TPSA) is 33.4 Å². The van der Waals surface area contributed by atoms with Crippen LogP contribution in [0, 0.1) is 5.92 Å². The number of hydrogen-bond acceptors (Lipinski definition) is 3. The van der Waals surface area contributed by atoms with E-state index in [0.717, 1.165) is 30.9 Å². The van der Waals surface area contributed by atoms with E-state index in [1.54, 1.807) is 0 Å². The normalized spacial score (nSPS) is 26.5. The van der Waals surface area contributed by atoms with Crippen molar-refractivity contribution in [1.82, 2.24) is 14.7 Å². The van der Waals surface area contributed by atoms with Crippen LogP contribution in [0.25, 0.3) is 10.9 Å². The second kappa shape index (κ2) is 5.51. The minimum atomic E-state index is 0.522. The Morgan fingerprint density at radius 2 is 2.14 bits per heavy atom. The number of aromatic nitrogens is 2. The number of likely N-dealkylation sites (tertiary alicyclic amines) is 1. The van der Waals surface area contributed by atoms with Crippen LogP contribution in [-0.4, -0.2) is 47.1 Å². The molecular weight excluding hydrogens is 272 g/mol. The van der Waals surface area contributed by atoms with Gasteiger partial charge in [0.05, 0.1) is 11.6 Å². The number of hydrogen-bond donors (Lipinski definition) is 0. The molecule has 1 fully saturated rings. The zero-order valence-electron chi connectivity index (χ0n) is 13.5. The molecule has 2 aromatic rings. The van der Waals surface area contributed by atoms with E-state index >= 15 is 0 Å². The number of rotatable bonds is 2. The lowest BCUT2D eigenvalue weighted by molar-refractivity contribution is 0.383.